The van der Waals surface area contributed by atoms with Gasteiger partial charge in [-0.05, 0) is 25.9 Å². The molecule has 1 aromatic heterocycles. The topological polar surface area (TPSA) is 44.3 Å². The molecule has 0 saturated carbocycles. The van der Waals surface area contributed by atoms with Crippen LogP contribution in [0.1, 0.15) is 32.4 Å². The minimum atomic E-state index is 0.811. The van der Waals surface area contributed by atoms with Gasteiger partial charge in [0.25, 0.3) is 0 Å². The molecule has 1 saturated heterocycles. The minimum Gasteiger partial charge on any atom is -0.353 e. The molecule has 20 heavy (non-hydrogen) atoms. The molecule has 1 aromatic rings. The number of piperazine rings is 1. The van der Waals surface area contributed by atoms with Crippen molar-refractivity contribution in [1.29, 1.82) is 0 Å². The van der Waals surface area contributed by atoms with E-state index in [4.69, 9.17) is 0 Å². The van der Waals surface area contributed by atoms with Gasteiger partial charge in [-0.25, -0.2) is 4.98 Å². The Morgan fingerprint density at radius 3 is 2.45 bits per heavy atom. The zero-order valence-corrected chi connectivity index (χ0v) is 12.8. The molecule has 1 aliphatic heterocycles. The quantitative estimate of drug-likeness (QED) is 0.765. The number of anilines is 1. The third-order valence-corrected chi connectivity index (χ3v) is 3.66. The largest absolute Gasteiger partial charge is 0.353 e. The zero-order chi connectivity index (χ0) is 14.2. The number of hydrogen-bond donors (Lipinski definition) is 1. The Morgan fingerprint density at radius 2 is 1.85 bits per heavy atom. The Balaban J connectivity index is 1.81. The molecule has 0 amide bonds. The van der Waals surface area contributed by atoms with E-state index >= 15 is 0 Å². The zero-order valence-electron chi connectivity index (χ0n) is 12.8. The highest BCUT2D eigenvalue weighted by Gasteiger charge is 2.17. The first-order chi connectivity index (χ1) is 9.83. The van der Waals surface area contributed by atoms with Crippen LogP contribution in [0.15, 0.2) is 12.4 Å². The van der Waals surface area contributed by atoms with E-state index in [1.54, 1.807) is 0 Å². The van der Waals surface area contributed by atoms with E-state index in [0.717, 1.165) is 57.2 Å². The van der Waals surface area contributed by atoms with Gasteiger partial charge in [0.2, 0.25) is 0 Å². The van der Waals surface area contributed by atoms with Crippen molar-refractivity contribution in [1.82, 2.24) is 20.2 Å². The predicted molar refractivity (Wildman–Crippen MR) is 83.0 cm³/mol. The molecule has 1 N–H and O–H groups in total. The molecular weight excluding hydrogens is 250 g/mol. The normalized spacial score (nSPS) is 16.6. The summed E-state index contributed by atoms with van der Waals surface area (Å²) in [7, 11) is 0. The van der Waals surface area contributed by atoms with Gasteiger partial charge in [0, 0.05) is 32.7 Å². The molecule has 0 spiro atoms. The smallest absolute Gasteiger partial charge is 0.147 e. The van der Waals surface area contributed by atoms with Gasteiger partial charge in [-0.15, -0.1) is 0 Å². The van der Waals surface area contributed by atoms with Crippen molar-refractivity contribution >= 4 is 5.82 Å². The number of aromatic nitrogens is 2. The maximum Gasteiger partial charge on any atom is 0.147 e. The molecule has 0 aliphatic carbocycles. The fourth-order valence-corrected chi connectivity index (χ4v) is 2.51. The standard InChI is InChI=1S/C15H27N5/c1-3-5-16-11-14-12-18-15(13-17-14)20-9-7-19(6-4-2)8-10-20/h12-13,16H,3-11H2,1-2H3. The van der Waals surface area contributed by atoms with E-state index in [-0.39, 0.29) is 0 Å². The first kappa shape index (κ1) is 15.2. The van der Waals surface area contributed by atoms with Crippen LogP contribution in [0.25, 0.3) is 0 Å². The second kappa shape index (κ2) is 8.17. The lowest BCUT2D eigenvalue weighted by molar-refractivity contribution is 0.258. The van der Waals surface area contributed by atoms with Gasteiger partial charge in [0.05, 0.1) is 18.1 Å². The fourth-order valence-electron chi connectivity index (χ4n) is 2.51. The summed E-state index contributed by atoms with van der Waals surface area (Å²) in [6.45, 7) is 11.8. The van der Waals surface area contributed by atoms with Crippen molar-refractivity contribution < 1.29 is 0 Å². The molecule has 0 bridgehead atoms. The van der Waals surface area contributed by atoms with Gasteiger partial charge in [0.1, 0.15) is 5.82 Å². The highest BCUT2D eigenvalue weighted by Crippen LogP contribution is 2.12. The Bertz CT molecular complexity index is 370. The predicted octanol–water partition coefficient (Wildman–Crippen LogP) is 1.51. The summed E-state index contributed by atoms with van der Waals surface area (Å²) in [5, 5.41) is 3.35. The average molecular weight is 277 g/mol. The highest BCUT2D eigenvalue weighted by molar-refractivity contribution is 5.36. The number of nitrogens with one attached hydrogen (secondary N) is 1. The molecular formula is C15H27N5. The van der Waals surface area contributed by atoms with E-state index in [2.05, 4.69) is 38.9 Å². The third kappa shape index (κ3) is 4.42. The van der Waals surface area contributed by atoms with Gasteiger partial charge in [-0.2, -0.15) is 0 Å². The molecule has 5 nitrogen and oxygen atoms in total. The van der Waals surface area contributed by atoms with Crippen molar-refractivity contribution in [2.24, 2.45) is 0 Å². The highest BCUT2D eigenvalue weighted by atomic mass is 15.3. The summed E-state index contributed by atoms with van der Waals surface area (Å²) in [5.41, 5.74) is 1.02. The van der Waals surface area contributed by atoms with Crippen LogP contribution in [-0.2, 0) is 6.54 Å². The summed E-state index contributed by atoms with van der Waals surface area (Å²) in [4.78, 5) is 13.9. The number of nitrogens with zero attached hydrogens (tertiary/aromatic N) is 4. The summed E-state index contributed by atoms with van der Waals surface area (Å²) in [6, 6.07) is 0. The summed E-state index contributed by atoms with van der Waals surface area (Å²) in [5.74, 6) is 1.01. The van der Waals surface area contributed by atoms with E-state index in [1.165, 1.54) is 13.0 Å². The maximum absolute atomic E-state index is 4.56. The molecule has 1 fully saturated rings. The Hall–Kier alpha value is -1.20. The molecule has 0 unspecified atom stereocenters. The number of hydrogen-bond acceptors (Lipinski definition) is 5. The lowest BCUT2D eigenvalue weighted by Crippen LogP contribution is -2.46. The van der Waals surface area contributed by atoms with Gasteiger partial charge in [0.15, 0.2) is 0 Å². The summed E-state index contributed by atoms with van der Waals surface area (Å²) in [6.07, 6.45) is 6.20. The molecule has 112 valence electrons. The first-order valence-corrected chi connectivity index (χ1v) is 7.82. The van der Waals surface area contributed by atoms with Crippen LogP contribution >= 0.6 is 0 Å². The molecule has 2 rings (SSSR count). The molecule has 2 heterocycles. The van der Waals surface area contributed by atoms with E-state index < -0.39 is 0 Å². The van der Waals surface area contributed by atoms with Crippen LogP contribution in [-0.4, -0.2) is 54.1 Å². The summed E-state index contributed by atoms with van der Waals surface area (Å²) < 4.78 is 0. The van der Waals surface area contributed by atoms with Gasteiger partial charge < -0.3 is 10.2 Å². The van der Waals surface area contributed by atoms with Crippen molar-refractivity contribution in [3.05, 3.63) is 18.1 Å². The molecule has 5 heteroatoms. The lowest BCUT2D eigenvalue weighted by Gasteiger charge is -2.35. The summed E-state index contributed by atoms with van der Waals surface area (Å²) >= 11 is 0. The van der Waals surface area contributed by atoms with Crippen LogP contribution in [0.5, 0.6) is 0 Å². The molecule has 0 atom stereocenters. The Kier molecular flexibility index (Phi) is 6.21. The first-order valence-electron chi connectivity index (χ1n) is 7.82. The molecule has 0 aromatic carbocycles. The molecule has 0 radical (unpaired) electrons. The fraction of sp³-hybridized carbons (Fsp3) is 0.733. The van der Waals surface area contributed by atoms with Crippen LogP contribution in [0.2, 0.25) is 0 Å². The van der Waals surface area contributed by atoms with Gasteiger partial charge in [-0.1, -0.05) is 13.8 Å². The average Bonchev–Trinajstić information content (AvgIpc) is 2.49. The third-order valence-electron chi connectivity index (χ3n) is 3.66. The minimum absolute atomic E-state index is 0.811. The van der Waals surface area contributed by atoms with Crippen molar-refractivity contribution in [2.75, 3.05) is 44.2 Å². The van der Waals surface area contributed by atoms with E-state index in [1.807, 2.05) is 12.4 Å². The van der Waals surface area contributed by atoms with Gasteiger partial charge >= 0.3 is 0 Å². The van der Waals surface area contributed by atoms with Crippen molar-refractivity contribution in [3.63, 3.8) is 0 Å². The van der Waals surface area contributed by atoms with Gasteiger partial charge in [-0.3, -0.25) is 9.88 Å². The second-order valence-corrected chi connectivity index (χ2v) is 5.37. The second-order valence-electron chi connectivity index (χ2n) is 5.37. The van der Waals surface area contributed by atoms with Crippen LogP contribution in [0, 0.1) is 0 Å². The van der Waals surface area contributed by atoms with Crippen molar-refractivity contribution in [2.45, 2.75) is 33.2 Å². The SMILES string of the molecule is CCCNCc1cnc(N2CCN(CCC)CC2)cn1. The Morgan fingerprint density at radius 1 is 1.05 bits per heavy atom. The van der Waals surface area contributed by atoms with E-state index in [9.17, 15) is 0 Å². The lowest BCUT2D eigenvalue weighted by atomic mass is 10.3. The maximum atomic E-state index is 4.56. The van der Waals surface area contributed by atoms with Crippen LogP contribution in [0.3, 0.4) is 0 Å². The molecule has 1 aliphatic rings. The van der Waals surface area contributed by atoms with Crippen LogP contribution in [0.4, 0.5) is 5.82 Å². The Labute approximate surface area is 122 Å². The van der Waals surface area contributed by atoms with Crippen LogP contribution < -0.4 is 10.2 Å². The van der Waals surface area contributed by atoms with Crippen molar-refractivity contribution in [3.8, 4) is 0 Å². The monoisotopic (exact) mass is 277 g/mol. The number of rotatable bonds is 7. The van der Waals surface area contributed by atoms with E-state index in [0.29, 0.717) is 0 Å².